The zero-order chi connectivity index (χ0) is 14.3. The maximum absolute atomic E-state index is 13.8. The quantitative estimate of drug-likeness (QED) is 0.771. The maximum atomic E-state index is 13.8. The molecule has 2 N–H and O–H groups in total. The predicted molar refractivity (Wildman–Crippen MR) is 88.1 cm³/mol. The zero-order valence-electron chi connectivity index (χ0n) is 11.6. The van der Waals surface area contributed by atoms with Crippen LogP contribution < -0.4 is 5.73 Å². The van der Waals surface area contributed by atoms with Gasteiger partial charge >= 0.3 is 0 Å². The van der Waals surface area contributed by atoms with Gasteiger partial charge in [0.05, 0.1) is 14.6 Å². The van der Waals surface area contributed by atoms with Crippen molar-refractivity contribution in [3.63, 3.8) is 0 Å². The third-order valence-electron chi connectivity index (χ3n) is 4.52. The van der Waals surface area contributed by atoms with Gasteiger partial charge in [0.1, 0.15) is 5.82 Å². The van der Waals surface area contributed by atoms with Crippen LogP contribution in [-0.4, -0.2) is 9.55 Å². The van der Waals surface area contributed by atoms with Crippen molar-refractivity contribution in [3.8, 4) is 0 Å². The molecule has 1 heterocycles. The molecule has 0 radical (unpaired) electrons. The molecule has 0 unspecified atom stereocenters. The monoisotopic (exact) mass is 387 g/mol. The highest BCUT2D eigenvalue weighted by Gasteiger charge is 2.24. The van der Waals surface area contributed by atoms with Crippen LogP contribution in [0.5, 0.6) is 0 Å². The Morgan fingerprint density at radius 3 is 2.70 bits per heavy atom. The van der Waals surface area contributed by atoms with Crippen molar-refractivity contribution in [1.82, 2.24) is 9.55 Å². The van der Waals surface area contributed by atoms with E-state index in [0.29, 0.717) is 15.6 Å². The Labute approximate surface area is 131 Å². The second-order valence-corrected chi connectivity index (χ2v) is 6.84. The number of fused-ring (bicyclic) bond motifs is 1. The summed E-state index contributed by atoms with van der Waals surface area (Å²) < 4.78 is 16.5. The van der Waals surface area contributed by atoms with E-state index in [2.05, 4.69) is 11.9 Å². The van der Waals surface area contributed by atoms with Gasteiger partial charge in [-0.15, -0.1) is 0 Å². The molecule has 1 aromatic heterocycles. The number of halogens is 2. The molecule has 1 aliphatic carbocycles. The van der Waals surface area contributed by atoms with Gasteiger partial charge in [-0.25, -0.2) is 9.37 Å². The van der Waals surface area contributed by atoms with Gasteiger partial charge < -0.3 is 10.3 Å². The summed E-state index contributed by atoms with van der Waals surface area (Å²) in [6, 6.07) is 3.71. The summed E-state index contributed by atoms with van der Waals surface area (Å²) in [5.41, 5.74) is 7.71. The average molecular weight is 387 g/mol. The number of aromatic nitrogens is 2. The molecule has 2 aromatic rings. The van der Waals surface area contributed by atoms with Gasteiger partial charge in [0.2, 0.25) is 5.95 Å². The summed E-state index contributed by atoms with van der Waals surface area (Å²) in [5, 5.41) is 0. The van der Waals surface area contributed by atoms with Crippen LogP contribution >= 0.6 is 22.6 Å². The summed E-state index contributed by atoms with van der Waals surface area (Å²) in [6.45, 7) is 2.25. The van der Waals surface area contributed by atoms with E-state index in [0.717, 1.165) is 29.8 Å². The molecule has 0 spiro atoms. The lowest BCUT2D eigenvalue weighted by atomic mass is 9.84. The van der Waals surface area contributed by atoms with Crippen LogP contribution in [0.2, 0.25) is 0 Å². The molecule has 3 nitrogen and oxygen atoms in total. The standard InChI is InChI=1S/C15H19FIN3/c1-2-9-3-5-10(6-4-9)20-14-7-11(16)12(17)8-13(14)19-15(20)18/h7-10H,2-6H2,1H3,(H2,18,19). The highest BCUT2D eigenvalue weighted by Crippen LogP contribution is 2.37. The van der Waals surface area contributed by atoms with Crippen LogP contribution in [-0.2, 0) is 0 Å². The first-order valence-corrected chi connectivity index (χ1v) is 8.30. The molecule has 1 aromatic carbocycles. The number of benzene rings is 1. The molecule has 1 fully saturated rings. The smallest absolute Gasteiger partial charge is 0.201 e. The van der Waals surface area contributed by atoms with Crippen molar-refractivity contribution in [3.05, 3.63) is 21.5 Å². The first-order chi connectivity index (χ1) is 9.60. The number of nitrogens with zero attached hydrogens (tertiary/aromatic N) is 2. The fraction of sp³-hybridized carbons (Fsp3) is 0.533. The van der Waals surface area contributed by atoms with Crippen LogP contribution in [0.25, 0.3) is 11.0 Å². The van der Waals surface area contributed by atoms with E-state index in [1.54, 1.807) is 12.1 Å². The maximum Gasteiger partial charge on any atom is 0.201 e. The van der Waals surface area contributed by atoms with Gasteiger partial charge in [-0.1, -0.05) is 13.3 Å². The molecule has 1 aliphatic rings. The first kappa shape index (κ1) is 14.1. The molecule has 0 saturated heterocycles. The van der Waals surface area contributed by atoms with E-state index < -0.39 is 0 Å². The third-order valence-corrected chi connectivity index (χ3v) is 5.34. The minimum absolute atomic E-state index is 0.193. The van der Waals surface area contributed by atoms with Crippen molar-refractivity contribution >= 4 is 39.6 Å². The number of anilines is 1. The Balaban J connectivity index is 1.99. The third kappa shape index (κ3) is 2.40. The van der Waals surface area contributed by atoms with Gasteiger partial charge in [-0.05, 0) is 60.3 Å². The predicted octanol–water partition coefficient (Wildman–Crippen LogP) is 4.50. The number of hydrogen-bond acceptors (Lipinski definition) is 2. The zero-order valence-corrected chi connectivity index (χ0v) is 13.7. The fourth-order valence-corrected chi connectivity index (χ4v) is 3.75. The number of imidazole rings is 1. The van der Waals surface area contributed by atoms with Gasteiger partial charge in [0.25, 0.3) is 0 Å². The SMILES string of the molecule is CCC1CCC(n2c(N)nc3cc(I)c(F)cc32)CC1. The largest absolute Gasteiger partial charge is 0.369 e. The van der Waals surface area contributed by atoms with E-state index in [1.165, 1.54) is 19.3 Å². The Hall–Kier alpha value is -0.850. The number of rotatable bonds is 2. The molecule has 0 atom stereocenters. The molecular weight excluding hydrogens is 368 g/mol. The molecule has 20 heavy (non-hydrogen) atoms. The van der Waals surface area contributed by atoms with Gasteiger partial charge in [0.15, 0.2) is 0 Å². The van der Waals surface area contributed by atoms with Crippen LogP contribution in [0.15, 0.2) is 12.1 Å². The molecule has 108 valence electrons. The van der Waals surface area contributed by atoms with E-state index >= 15 is 0 Å². The Bertz CT molecular complexity index is 630. The Kier molecular flexibility index (Phi) is 3.88. The molecular formula is C15H19FIN3. The van der Waals surface area contributed by atoms with Crippen molar-refractivity contribution in [2.24, 2.45) is 5.92 Å². The topological polar surface area (TPSA) is 43.8 Å². The lowest BCUT2D eigenvalue weighted by Gasteiger charge is -2.29. The summed E-state index contributed by atoms with van der Waals surface area (Å²) in [5.74, 6) is 1.16. The number of nitrogens with two attached hydrogens (primary N) is 1. The van der Waals surface area contributed by atoms with Crippen molar-refractivity contribution in [2.75, 3.05) is 5.73 Å². The number of nitrogen functional groups attached to an aromatic ring is 1. The normalized spacial score (nSPS) is 23.4. The second kappa shape index (κ2) is 5.50. The summed E-state index contributed by atoms with van der Waals surface area (Å²) in [7, 11) is 0. The molecule has 0 amide bonds. The number of hydrogen-bond donors (Lipinski definition) is 1. The first-order valence-electron chi connectivity index (χ1n) is 7.22. The Morgan fingerprint density at radius 1 is 1.35 bits per heavy atom. The molecule has 3 rings (SSSR count). The van der Waals surface area contributed by atoms with Gasteiger partial charge in [0, 0.05) is 12.1 Å². The molecule has 0 aliphatic heterocycles. The molecule has 1 saturated carbocycles. The second-order valence-electron chi connectivity index (χ2n) is 5.68. The van der Waals surface area contributed by atoms with Crippen molar-refractivity contribution < 1.29 is 4.39 Å². The summed E-state index contributed by atoms with van der Waals surface area (Å²) in [4.78, 5) is 4.40. The summed E-state index contributed by atoms with van der Waals surface area (Å²) >= 11 is 1.99. The lowest BCUT2D eigenvalue weighted by Crippen LogP contribution is -2.19. The minimum Gasteiger partial charge on any atom is -0.369 e. The highest BCUT2D eigenvalue weighted by molar-refractivity contribution is 14.1. The van der Waals surface area contributed by atoms with Gasteiger partial charge in [-0.3, -0.25) is 0 Å². The molecule has 0 bridgehead atoms. The van der Waals surface area contributed by atoms with Crippen LogP contribution in [0.4, 0.5) is 10.3 Å². The average Bonchev–Trinajstić information content (AvgIpc) is 2.75. The van der Waals surface area contributed by atoms with Crippen molar-refractivity contribution in [2.45, 2.75) is 45.1 Å². The van der Waals surface area contributed by atoms with Crippen LogP contribution in [0.3, 0.4) is 0 Å². The lowest BCUT2D eigenvalue weighted by molar-refractivity contribution is 0.275. The van der Waals surface area contributed by atoms with Crippen LogP contribution in [0, 0.1) is 15.3 Å². The van der Waals surface area contributed by atoms with E-state index in [1.807, 2.05) is 27.2 Å². The minimum atomic E-state index is -0.193. The van der Waals surface area contributed by atoms with E-state index in [9.17, 15) is 4.39 Å². The fourth-order valence-electron chi connectivity index (χ4n) is 3.30. The van der Waals surface area contributed by atoms with Gasteiger partial charge in [-0.2, -0.15) is 0 Å². The summed E-state index contributed by atoms with van der Waals surface area (Å²) in [6.07, 6.45) is 5.93. The van der Waals surface area contributed by atoms with Crippen LogP contribution in [0.1, 0.15) is 45.1 Å². The highest BCUT2D eigenvalue weighted by atomic mass is 127. The molecule has 5 heteroatoms. The van der Waals surface area contributed by atoms with E-state index in [4.69, 9.17) is 5.73 Å². The van der Waals surface area contributed by atoms with E-state index in [-0.39, 0.29) is 5.82 Å². The van der Waals surface area contributed by atoms with Crippen molar-refractivity contribution in [1.29, 1.82) is 0 Å². The Morgan fingerprint density at radius 2 is 2.05 bits per heavy atom.